The molecular weight excluding hydrogens is 164 g/mol. The third kappa shape index (κ3) is 4.60. The Balaban J connectivity index is 1.90. The minimum atomic E-state index is -0.0792. The molecule has 3 nitrogen and oxygen atoms in total. The largest absolute Gasteiger partial charge is 0.390 e. The molecule has 1 fully saturated rings. The molecule has 1 aliphatic heterocycles. The van der Waals surface area contributed by atoms with Gasteiger partial charge in [-0.25, -0.2) is 0 Å². The van der Waals surface area contributed by atoms with Crippen LogP contribution in [0.25, 0.3) is 0 Å². The molecule has 0 atom stereocenters. The van der Waals surface area contributed by atoms with E-state index in [-0.39, 0.29) is 6.10 Å². The van der Waals surface area contributed by atoms with Gasteiger partial charge in [-0.2, -0.15) is 0 Å². The van der Waals surface area contributed by atoms with Gasteiger partial charge in [-0.3, -0.25) is 4.90 Å². The Labute approximate surface area is 81.1 Å². The minimum absolute atomic E-state index is 0.0792. The topological polar surface area (TPSA) is 35.5 Å². The number of β-amino-alcohol motifs (C(OH)–C–C–N with tert-alkyl or cyclic N) is 1. The van der Waals surface area contributed by atoms with Gasteiger partial charge in [0.05, 0.1) is 6.10 Å². The van der Waals surface area contributed by atoms with Crippen LogP contribution in [-0.4, -0.2) is 42.4 Å². The zero-order valence-electron chi connectivity index (χ0n) is 9.01. The highest BCUT2D eigenvalue weighted by atomic mass is 16.3. The summed E-state index contributed by atoms with van der Waals surface area (Å²) in [6, 6.07) is 0. The molecule has 1 heterocycles. The fourth-order valence-corrected chi connectivity index (χ4v) is 1.37. The molecule has 0 aliphatic carbocycles. The first-order valence-electron chi connectivity index (χ1n) is 5.08. The SMILES string of the molecule is CC(C)(C)CCNCN1CC(O)C1. The zero-order chi connectivity index (χ0) is 9.90. The molecule has 0 unspecified atom stereocenters. The lowest BCUT2D eigenvalue weighted by Gasteiger charge is -2.36. The second kappa shape index (κ2) is 4.40. The Morgan fingerprint density at radius 3 is 2.46 bits per heavy atom. The van der Waals surface area contributed by atoms with E-state index in [1.807, 2.05) is 0 Å². The van der Waals surface area contributed by atoms with Gasteiger partial charge in [0.1, 0.15) is 0 Å². The molecule has 0 amide bonds. The van der Waals surface area contributed by atoms with Gasteiger partial charge in [-0.1, -0.05) is 20.8 Å². The number of aliphatic hydroxyl groups is 1. The number of rotatable bonds is 4. The molecule has 0 aromatic carbocycles. The fraction of sp³-hybridized carbons (Fsp3) is 1.00. The Morgan fingerprint density at radius 1 is 1.38 bits per heavy atom. The van der Waals surface area contributed by atoms with E-state index in [0.29, 0.717) is 5.41 Å². The highest BCUT2D eigenvalue weighted by Gasteiger charge is 2.23. The van der Waals surface area contributed by atoms with Crippen molar-refractivity contribution in [2.24, 2.45) is 5.41 Å². The van der Waals surface area contributed by atoms with Crippen molar-refractivity contribution in [3.63, 3.8) is 0 Å². The van der Waals surface area contributed by atoms with E-state index in [2.05, 4.69) is 31.0 Å². The maximum atomic E-state index is 9.03. The van der Waals surface area contributed by atoms with Gasteiger partial charge >= 0.3 is 0 Å². The number of aliphatic hydroxyl groups excluding tert-OH is 1. The van der Waals surface area contributed by atoms with E-state index in [1.54, 1.807) is 0 Å². The Hall–Kier alpha value is -0.120. The number of nitrogens with one attached hydrogen (secondary N) is 1. The van der Waals surface area contributed by atoms with Crippen molar-refractivity contribution in [1.29, 1.82) is 0 Å². The van der Waals surface area contributed by atoms with Gasteiger partial charge in [0, 0.05) is 19.8 Å². The summed E-state index contributed by atoms with van der Waals surface area (Å²) >= 11 is 0. The molecule has 1 aliphatic rings. The second-order valence-corrected chi connectivity index (χ2v) is 5.16. The number of likely N-dealkylation sites (tertiary alicyclic amines) is 1. The molecule has 1 rings (SSSR count). The molecule has 0 spiro atoms. The van der Waals surface area contributed by atoms with Crippen LogP contribution in [0.3, 0.4) is 0 Å². The Bertz CT molecular complexity index is 147. The van der Waals surface area contributed by atoms with Crippen LogP contribution in [0.1, 0.15) is 27.2 Å². The summed E-state index contributed by atoms with van der Waals surface area (Å²) in [6.07, 6.45) is 1.12. The molecule has 0 saturated carbocycles. The summed E-state index contributed by atoms with van der Waals surface area (Å²) < 4.78 is 0. The maximum absolute atomic E-state index is 9.03. The van der Waals surface area contributed by atoms with Gasteiger partial charge in [-0.05, 0) is 18.4 Å². The van der Waals surface area contributed by atoms with Gasteiger partial charge in [0.2, 0.25) is 0 Å². The Kier molecular flexibility index (Phi) is 3.71. The van der Waals surface area contributed by atoms with Crippen LogP contribution in [0.2, 0.25) is 0 Å². The number of nitrogens with zero attached hydrogens (tertiary/aromatic N) is 1. The summed E-state index contributed by atoms with van der Waals surface area (Å²) in [5.41, 5.74) is 0.418. The van der Waals surface area contributed by atoms with E-state index < -0.39 is 0 Å². The maximum Gasteiger partial charge on any atom is 0.0794 e. The average molecular weight is 186 g/mol. The first-order valence-corrected chi connectivity index (χ1v) is 5.08. The molecule has 13 heavy (non-hydrogen) atoms. The average Bonchev–Trinajstić information content (AvgIpc) is 1.91. The quantitative estimate of drug-likeness (QED) is 0.633. The fourth-order valence-electron chi connectivity index (χ4n) is 1.37. The molecule has 0 aromatic rings. The van der Waals surface area contributed by atoms with Gasteiger partial charge in [0.25, 0.3) is 0 Å². The van der Waals surface area contributed by atoms with Crippen molar-refractivity contribution < 1.29 is 5.11 Å². The monoisotopic (exact) mass is 186 g/mol. The van der Waals surface area contributed by atoms with Crippen LogP contribution in [0.4, 0.5) is 0 Å². The van der Waals surface area contributed by atoms with Gasteiger partial charge in [-0.15, -0.1) is 0 Å². The molecule has 0 bridgehead atoms. The smallest absolute Gasteiger partial charge is 0.0794 e. The Morgan fingerprint density at radius 2 is 2.00 bits per heavy atom. The van der Waals surface area contributed by atoms with E-state index in [1.165, 1.54) is 6.42 Å². The molecule has 78 valence electrons. The standard InChI is InChI=1S/C10H22N2O/c1-10(2,3)4-5-11-8-12-6-9(13)7-12/h9,11,13H,4-8H2,1-3H3. The van der Waals surface area contributed by atoms with Crippen LogP contribution < -0.4 is 5.32 Å². The lowest BCUT2D eigenvalue weighted by molar-refractivity contribution is -0.00260. The number of hydrogen-bond acceptors (Lipinski definition) is 3. The highest BCUT2D eigenvalue weighted by molar-refractivity contribution is 4.77. The summed E-state index contributed by atoms with van der Waals surface area (Å²) in [5, 5.41) is 12.4. The molecular formula is C10H22N2O. The first-order chi connectivity index (χ1) is 5.97. The molecule has 0 radical (unpaired) electrons. The highest BCUT2D eigenvalue weighted by Crippen LogP contribution is 2.16. The predicted molar refractivity (Wildman–Crippen MR) is 54.5 cm³/mol. The van der Waals surface area contributed by atoms with Crippen molar-refractivity contribution in [3.05, 3.63) is 0 Å². The summed E-state index contributed by atoms with van der Waals surface area (Å²) in [7, 11) is 0. The van der Waals surface area contributed by atoms with E-state index in [9.17, 15) is 0 Å². The molecule has 3 heteroatoms. The second-order valence-electron chi connectivity index (χ2n) is 5.16. The zero-order valence-corrected chi connectivity index (χ0v) is 9.01. The summed E-state index contributed by atoms with van der Waals surface area (Å²) in [6.45, 7) is 10.4. The molecule has 2 N–H and O–H groups in total. The van der Waals surface area contributed by atoms with E-state index in [4.69, 9.17) is 5.11 Å². The van der Waals surface area contributed by atoms with Crippen molar-refractivity contribution in [1.82, 2.24) is 10.2 Å². The van der Waals surface area contributed by atoms with Crippen LogP contribution in [-0.2, 0) is 0 Å². The number of hydrogen-bond donors (Lipinski definition) is 2. The molecule has 0 aromatic heterocycles. The van der Waals surface area contributed by atoms with Gasteiger partial charge < -0.3 is 10.4 Å². The van der Waals surface area contributed by atoms with Crippen molar-refractivity contribution in [3.8, 4) is 0 Å². The third-order valence-corrected chi connectivity index (χ3v) is 2.33. The first kappa shape index (κ1) is 11.0. The lowest BCUT2D eigenvalue weighted by atomic mass is 9.92. The normalized spacial score (nSPS) is 20.3. The van der Waals surface area contributed by atoms with E-state index in [0.717, 1.165) is 26.3 Å². The van der Waals surface area contributed by atoms with Crippen molar-refractivity contribution in [2.75, 3.05) is 26.3 Å². The third-order valence-electron chi connectivity index (χ3n) is 2.33. The van der Waals surface area contributed by atoms with E-state index >= 15 is 0 Å². The van der Waals surface area contributed by atoms with Crippen LogP contribution >= 0.6 is 0 Å². The van der Waals surface area contributed by atoms with Crippen molar-refractivity contribution in [2.45, 2.75) is 33.3 Å². The van der Waals surface area contributed by atoms with Gasteiger partial charge in [0.15, 0.2) is 0 Å². The summed E-state index contributed by atoms with van der Waals surface area (Å²) in [4.78, 5) is 2.22. The van der Waals surface area contributed by atoms with Crippen LogP contribution in [0, 0.1) is 5.41 Å². The van der Waals surface area contributed by atoms with Crippen molar-refractivity contribution >= 4 is 0 Å². The molecule has 1 saturated heterocycles. The van der Waals surface area contributed by atoms with Crippen LogP contribution in [0.5, 0.6) is 0 Å². The van der Waals surface area contributed by atoms with Crippen LogP contribution in [0.15, 0.2) is 0 Å². The predicted octanol–water partition coefficient (Wildman–Crippen LogP) is 0.646. The minimum Gasteiger partial charge on any atom is -0.390 e. The summed E-state index contributed by atoms with van der Waals surface area (Å²) in [5.74, 6) is 0. The lowest BCUT2D eigenvalue weighted by Crippen LogP contribution is -2.53.